The van der Waals surface area contributed by atoms with Crippen molar-refractivity contribution in [3.63, 3.8) is 0 Å². The number of hydrogen-bond donors (Lipinski definition) is 0. The minimum Gasteiger partial charge on any atom is -0.372 e. The molecule has 1 amide bonds. The van der Waals surface area contributed by atoms with E-state index < -0.39 is 0 Å². The number of piperidine rings is 1. The highest BCUT2D eigenvalue weighted by atomic mass is 35.5. The van der Waals surface area contributed by atoms with Gasteiger partial charge in [-0.2, -0.15) is 0 Å². The van der Waals surface area contributed by atoms with E-state index in [0.717, 1.165) is 34.9 Å². The Morgan fingerprint density at radius 3 is 2.57 bits per heavy atom. The lowest BCUT2D eigenvalue weighted by atomic mass is 10.1. The molecule has 156 valence electrons. The summed E-state index contributed by atoms with van der Waals surface area (Å²) in [6.45, 7) is 2.88. The predicted octanol–water partition coefficient (Wildman–Crippen LogP) is 5.65. The number of rotatable bonds is 6. The van der Waals surface area contributed by atoms with Crippen LogP contribution >= 0.6 is 22.9 Å². The summed E-state index contributed by atoms with van der Waals surface area (Å²) >= 11 is 7.78. The smallest absolute Gasteiger partial charge is 0.228 e. The normalized spacial score (nSPS) is 14.0. The topological polar surface area (TPSA) is 36.4 Å². The molecule has 4 rings (SSSR count). The number of benzene rings is 2. The maximum absolute atomic E-state index is 12.7. The summed E-state index contributed by atoms with van der Waals surface area (Å²) in [5, 5.41) is 3.46. The van der Waals surface area contributed by atoms with Crippen LogP contribution in [0.15, 0.2) is 53.9 Å². The van der Waals surface area contributed by atoms with Gasteiger partial charge in [0.1, 0.15) is 5.01 Å². The molecule has 1 aliphatic rings. The molecule has 2 heterocycles. The molecule has 0 bridgehead atoms. The fraction of sp³-hybridized carbons (Fsp3) is 0.333. The highest BCUT2D eigenvalue weighted by Crippen LogP contribution is 2.30. The molecule has 0 atom stereocenters. The highest BCUT2D eigenvalue weighted by Gasteiger charge is 2.15. The number of carbonyl (C=O) groups excluding carboxylic acids is 1. The van der Waals surface area contributed by atoms with Crippen LogP contribution in [0.5, 0.6) is 0 Å². The zero-order valence-corrected chi connectivity index (χ0v) is 18.8. The Kier molecular flexibility index (Phi) is 6.70. The molecule has 1 saturated heterocycles. The Balaban J connectivity index is 1.34. The summed E-state index contributed by atoms with van der Waals surface area (Å²) in [6.07, 6.45) is 4.17. The van der Waals surface area contributed by atoms with E-state index >= 15 is 0 Å². The van der Waals surface area contributed by atoms with E-state index in [1.54, 1.807) is 4.90 Å². The minimum absolute atomic E-state index is 0.0612. The number of nitrogens with zero attached hydrogens (tertiary/aromatic N) is 3. The summed E-state index contributed by atoms with van der Waals surface area (Å²) < 4.78 is 0. The Bertz CT molecular complexity index is 996. The average Bonchev–Trinajstić information content (AvgIpc) is 3.23. The quantitative estimate of drug-likeness (QED) is 0.497. The fourth-order valence-corrected chi connectivity index (χ4v) is 4.90. The zero-order chi connectivity index (χ0) is 20.9. The Hall–Kier alpha value is -2.37. The molecular formula is C24H26ClN3OS. The summed E-state index contributed by atoms with van der Waals surface area (Å²) in [5.41, 5.74) is 4.11. The highest BCUT2D eigenvalue weighted by molar-refractivity contribution is 7.13. The van der Waals surface area contributed by atoms with Crippen molar-refractivity contribution in [2.24, 2.45) is 0 Å². The van der Waals surface area contributed by atoms with Crippen molar-refractivity contribution >= 4 is 34.5 Å². The summed E-state index contributed by atoms with van der Waals surface area (Å²) in [6, 6.07) is 16.3. The standard InChI is InChI=1S/C24H26ClN3OS/c1-27(16-18-9-11-20(12-10-18)28-13-5-2-6-14-28)23(29)15-19-17-30-24(26-19)21-7-3-4-8-22(21)25/h3-4,7-12,17H,2,5-6,13-16H2,1H3. The largest absolute Gasteiger partial charge is 0.372 e. The summed E-state index contributed by atoms with van der Waals surface area (Å²) in [5.74, 6) is 0.0612. The second-order valence-corrected chi connectivity index (χ2v) is 9.03. The monoisotopic (exact) mass is 439 g/mol. The Morgan fingerprint density at radius 2 is 1.83 bits per heavy atom. The molecule has 0 N–H and O–H groups in total. The van der Waals surface area contributed by atoms with Crippen LogP contribution in [-0.2, 0) is 17.8 Å². The van der Waals surface area contributed by atoms with Crippen molar-refractivity contribution < 1.29 is 4.79 Å². The molecule has 1 aliphatic heterocycles. The second kappa shape index (κ2) is 9.63. The third-order valence-corrected chi connectivity index (χ3v) is 6.75. The lowest BCUT2D eigenvalue weighted by Crippen LogP contribution is -2.29. The van der Waals surface area contributed by atoms with Crippen LogP contribution in [0, 0.1) is 0 Å². The lowest BCUT2D eigenvalue weighted by Gasteiger charge is -2.29. The van der Waals surface area contributed by atoms with Crippen LogP contribution in [0.1, 0.15) is 30.5 Å². The van der Waals surface area contributed by atoms with Crippen LogP contribution in [0.3, 0.4) is 0 Å². The van der Waals surface area contributed by atoms with Crippen LogP contribution in [0.4, 0.5) is 5.69 Å². The van der Waals surface area contributed by atoms with Gasteiger partial charge in [0.15, 0.2) is 0 Å². The van der Waals surface area contributed by atoms with Gasteiger partial charge >= 0.3 is 0 Å². The van der Waals surface area contributed by atoms with E-state index in [0.29, 0.717) is 18.0 Å². The molecule has 30 heavy (non-hydrogen) atoms. The van der Waals surface area contributed by atoms with Crippen molar-refractivity contribution in [2.75, 3.05) is 25.0 Å². The Labute approximate surface area is 187 Å². The molecule has 0 saturated carbocycles. The third kappa shape index (κ3) is 5.02. The first-order chi connectivity index (χ1) is 14.6. The van der Waals surface area contributed by atoms with E-state index in [2.05, 4.69) is 34.1 Å². The van der Waals surface area contributed by atoms with Crippen LogP contribution < -0.4 is 4.90 Å². The number of anilines is 1. The molecule has 0 spiro atoms. The molecule has 1 fully saturated rings. The first kappa shape index (κ1) is 20.9. The second-order valence-electron chi connectivity index (χ2n) is 7.76. The predicted molar refractivity (Wildman–Crippen MR) is 125 cm³/mol. The molecule has 0 radical (unpaired) electrons. The first-order valence-corrected chi connectivity index (χ1v) is 11.6. The van der Waals surface area contributed by atoms with Crippen molar-refractivity contribution in [2.45, 2.75) is 32.2 Å². The SMILES string of the molecule is CN(Cc1ccc(N2CCCCC2)cc1)C(=O)Cc1csc(-c2ccccc2Cl)n1. The van der Waals surface area contributed by atoms with Gasteiger partial charge in [0.25, 0.3) is 0 Å². The molecule has 0 aliphatic carbocycles. The van der Waals surface area contributed by atoms with Crippen molar-refractivity contribution in [3.05, 3.63) is 70.2 Å². The van der Waals surface area contributed by atoms with Crippen LogP contribution in [0.2, 0.25) is 5.02 Å². The number of halogens is 1. The van der Waals surface area contributed by atoms with Gasteiger partial charge in [-0.3, -0.25) is 4.79 Å². The number of amides is 1. The van der Waals surface area contributed by atoms with Crippen molar-refractivity contribution in [1.29, 1.82) is 0 Å². The number of likely N-dealkylation sites (N-methyl/N-ethyl adjacent to an activating group) is 1. The average molecular weight is 440 g/mol. The first-order valence-electron chi connectivity index (χ1n) is 10.4. The van der Waals surface area contributed by atoms with Gasteiger partial charge in [-0.15, -0.1) is 11.3 Å². The van der Waals surface area contributed by atoms with Gasteiger partial charge in [0.2, 0.25) is 5.91 Å². The zero-order valence-electron chi connectivity index (χ0n) is 17.2. The molecule has 2 aromatic carbocycles. The van der Waals surface area contributed by atoms with Crippen molar-refractivity contribution in [1.82, 2.24) is 9.88 Å². The minimum atomic E-state index is 0.0612. The number of thiazole rings is 1. The van der Waals surface area contributed by atoms with Crippen LogP contribution in [0.25, 0.3) is 10.6 Å². The van der Waals surface area contributed by atoms with Gasteiger partial charge in [-0.05, 0) is 43.0 Å². The number of aromatic nitrogens is 1. The molecule has 6 heteroatoms. The van der Waals surface area contributed by atoms with E-state index in [4.69, 9.17) is 11.6 Å². The molecule has 4 nitrogen and oxygen atoms in total. The Morgan fingerprint density at radius 1 is 1.10 bits per heavy atom. The number of carbonyl (C=O) groups is 1. The van der Waals surface area contributed by atoms with Crippen molar-refractivity contribution in [3.8, 4) is 10.6 Å². The summed E-state index contributed by atoms with van der Waals surface area (Å²) in [4.78, 5) is 21.5. The molecular weight excluding hydrogens is 414 g/mol. The summed E-state index contributed by atoms with van der Waals surface area (Å²) in [7, 11) is 1.85. The maximum atomic E-state index is 12.7. The lowest BCUT2D eigenvalue weighted by molar-refractivity contribution is -0.129. The van der Waals surface area contributed by atoms with E-state index in [-0.39, 0.29) is 5.91 Å². The van der Waals surface area contributed by atoms with E-state index in [1.165, 1.54) is 36.3 Å². The molecule has 3 aromatic rings. The molecule has 0 unspecified atom stereocenters. The number of hydrogen-bond acceptors (Lipinski definition) is 4. The van der Waals surface area contributed by atoms with E-state index in [1.807, 2.05) is 36.7 Å². The van der Waals surface area contributed by atoms with Gasteiger partial charge in [-0.1, -0.05) is 41.9 Å². The van der Waals surface area contributed by atoms with Gasteiger partial charge in [0, 0.05) is 43.3 Å². The molecule has 1 aromatic heterocycles. The third-order valence-electron chi connectivity index (χ3n) is 5.49. The van der Waals surface area contributed by atoms with Gasteiger partial charge in [0.05, 0.1) is 17.1 Å². The van der Waals surface area contributed by atoms with Gasteiger partial charge in [-0.25, -0.2) is 4.98 Å². The van der Waals surface area contributed by atoms with E-state index in [9.17, 15) is 4.79 Å². The maximum Gasteiger partial charge on any atom is 0.228 e. The fourth-order valence-electron chi connectivity index (χ4n) is 3.76. The van der Waals surface area contributed by atoms with Gasteiger partial charge < -0.3 is 9.80 Å². The van der Waals surface area contributed by atoms with Crippen LogP contribution in [-0.4, -0.2) is 35.9 Å².